The van der Waals surface area contributed by atoms with Crippen molar-refractivity contribution in [3.8, 4) is 0 Å². The first-order valence-electron chi connectivity index (χ1n) is 6.92. The van der Waals surface area contributed by atoms with Crippen molar-refractivity contribution >= 4 is 21.7 Å². The minimum absolute atomic E-state index is 0.740. The number of hydrogen-bond acceptors (Lipinski definition) is 3. The van der Waals surface area contributed by atoms with Crippen molar-refractivity contribution in [2.24, 2.45) is 5.92 Å². The summed E-state index contributed by atoms with van der Waals surface area (Å²) in [5, 5.41) is 0. The first kappa shape index (κ1) is 15.4. The van der Waals surface area contributed by atoms with Gasteiger partial charge in [0.05, 0.1) is 0 Å². The van der Waals surface area contributed by atoms with Gasteiger partial charge in [0.2, 0.25) is 0 Å². The van der Waals surface area contributed by atoms with E-state index >= 15 is 0 Å². The van der Waals surface area contributed by atoms with Crippen LogP contribution in [0.5, 0.6) is 0 Å². The van der Waals surface area contributed by atoms with Crippen LogP contribution < -0.4 is 4.90 Å². The van der Waals surface area contributed by atoms with E-state index in [4.69, 9.17) is 0 Å². The quantitative estimate of drug-likeness (QED) is 0.711. The summed E-state index contributed by atoms with van der Waals surface area (Å²) in [7, 11) is 0. The Hall–Kier alpha value is -0.640. The molecule has 102 valence electrons. The molecule has 0 aliphatic heterocycles. The molecule has 1 heterocycles. The summed E-state index contributed by atoms with van der Waals surface area (Å²) < 4.78 is 0.882. The molecular formula is C14H24BrN3. The molecule has 4 heteroatoms. The van der Waals surface area contributed by atoms with Crippen LogP contribution in [0.4, 0.5) is 5.82 Å². The monoisotopic (exact) mass is 313 g/mol. The van der Waals surface area contributed by atoms with Crippen LogP contribution >= 0.6 is 15.9 Å². The highest BCUT2D eigenvalue weighted by atomic mass is 79.9. The van der Waals surface area contributed by atoms with Crippen LogP contribution in [0, 0.1) is 5.92 Å². The number of rotatable bonds is 7. The van der Waals surface area contributed by atoms with Crippen molar-refractivity contribution in [2.75, 3.05) is 18.0 Å². The lowest BCUT2D eigenvalue weighted by Crippen LogP contribution is -2.30. The smallest absolute Gasteiger partial charge is 0.133 e. The molecular weight excluding hydrogens is 290 g/mol. The molecule has 1 aromatic rings. The third-order valence-corrected chi connectivity index (χ3v) is 3.79. The maximum absolute atomic E-state index is 4.63. The third kappa shape index (κ3) is 4.23. The van der Waals surface area contributed by atoms with Crippen molar-refractivity contribution in [2.45, 2.75) is 47.0 Å². The van der Waals surface area contributed by atoms with Gasteiger partial charge in [-0.25, -0.2) is 9.97 Å². The zero-order chi connectivity index (χ0) is 13.5. The zero-order valence-electron chi connectivity index (χ0n) is 11.9. The molecule has 0 saturated heterocycles. The van der Waals surface area contributed by atoms with Crippen LogP contribution in [0.2, 0.25) is 0 Å². The Morgan fingerprint density at radius 3 is 2.33 bits per heavy atom. The molecule has 0 aromatic carbocycles. The zero-order valence-corrected chi connectivity index (χ0v) is 13.5. The lowest BCUT2D eigenvalue weighted by atomic mass is 10.0. The average Bonchev–Trinajstić information content (AvgIpc) is 2.39. The highest BCUT2D eigenvalue weighted by Crippen LogP contribution is 2.19. The van der Waals surface area contributed by atoms with E-state index in [1.165, 1.54) is 12.8 Å². The maximum Gasteiger partial charge on any atom is 0.133 e. The van der Waals surface area contributed by atoms with E-state index in [0.29, 0.717) is 0 Å². The number of aromatic nitrogens is 2. The highest BCUT2D eigenvalue weighted by Gasteiger charge is 2.13. The van der Waals surface area contributed by atoms with Crippen molar-refractivity contribution in [1.82, 2.24) is 9.97 Å². The van der Waals surface area contributed by atoms with Gasteiger partial charge in [-0.2, -0.15) is 0 Å². The topological polar surface area (TPSA) is 29.0 Å². The number of halogens is 1. The second-order valence-corrected chi connectivity index (χ2v) is 5.35. The second kappa shape index (κ2) is 7.72. The molecule has 0 bridgehead atoms. The first-order valence-corrected chi connectivity index (χ1v) is 7.72. The van der Waals surface area contributed by atoms with Gasteiger partial charge in [0.25, 0.3) is 0 Å². The molecule has 1 aromatic heterocycles. The fourth-order valence-corrected chi connectivity index (χ4v) is 2.42. The summed E-state index contributed by atoms with van der Waals surface area (Å²) >= 11 is 3.47. The summed E-state index contributed by atoms with van der Waals surface area (Å²) in [6.07, 6.45) is 3.31. The van der Waals surface area contributed by atoms with E-state index in [0.717, 1.165) is 41.7 Å². The summed E-state index contributed by atoms with van der Waals surface area (Å²) in [5.41, 5.74) is 0. The van der Waals surface area contributed by atoms with Gasteiger partial charge in [0.1, 0.15) is 16.2 Å². The summed E-state index contributed by atoms with van der Waals surface area (Å²) in [5.74, 6) is 2.69. The van der Waals surface area contributed by atoms with Crippen LogP contribution in [-0.2, 0) is 6.42 Å². The van der Waals surface area contributed by atoms with Gasteiger partial charge in [-0.05, 0) is 28.8 Å². The van der Waals surface area contributed by atoms with Crippen LogP contribution in [0.3, 0.4) is 0 Å². The van der Waals surface area contributed by atoms with E-state index < -0.39 is 0 Å². The van der Waals surface area contributed by atoms with E-state index in [-0.39, 0.29) is 0 Å². The molecule has 0 atom stereocenters. The molecule has 0 fully saturated rings. The normalized spacial score (nSPS) is 11.0. The number of anilines is 1. The number of nitrogens with zero attached hydrogens (tertiary/aromatic N) is 3. The Morgan fingerprint density at radius 1 is 1.17 bits per heavy atom. The predicted octanol–water partition coefficient (Wildman–Crippen LogP) is 4.06. The standard InChI is InChI=1S/C14H24BrN3/c1-5-11(6-2)10-18(8-4)14-9-12(15)16-13(7-3)17-14/h9,11H,5-8,10H2,1-4H3. The fraction of sp³-hybridized carbons (Fsp3) is 0.714. The Balaban J connectivity index is 2.90. The molecule has 0 aliphatic rings. The Kier molecular flexibility index (Phi) is 6.61. The van der Waals surface area contributed by atoms with Crippen molar-refractivity contribution in [1.29, 1.82) is 0 Å². The van der Waals surface area contributed by atoms with E-state index in [1.807, 2.05) is 6.07 Å². The molecule has 0 saturated carbocycles. The SMILES string of the molecule is CCc1nc(Br)cc(N(CC)CC(CC)CC)n1. The molecule has 0 aliphatic carbocycles. The summed E-state index contributed by atoms with van der Waals surface area (Å²) in [4.78, 5) is 11.3. The molecule has 0 radical (unpaired) electrons. The van der Waals surface area contributed by atoms with Gasteiger partial charge < -0.3 is 4.90 Å². The van der Waals surface area contributed by atoms with Gasteiger partial charge in [0.15, 0.2) is 0 Å². The highest BCUT2D eigenvalue weighted by molar-refractivity contribution is 9.10. The number of hydrogen-bond donors (Lipinski definition) is 0. The Bertz CT molecular complexity index is 364. The summed E-state index contributed by atoms with van der Waals surface area (Å²) in [6, 6.07) is 2.02. The van der Waals surface area contributed by atoms with Crippen molar-refractivity contribution < 1.29 is 0 Å². The summed E-state index contributed by atoms with van der Waals surface area (Å²) in [6.45, 7) is 10.9. The molecule has 0 amide bonds. The van der Waals surface area contributed by atoms with Crippen LogP contribution in [0.1, 0.15) is 46.4 Å². The largest absolute Gasteiger partial charge is 0.356 e. The lowest BCUT2D eigenvalue weighted by molar-refractivity contribution is 0.484. The Labute approximate surface area is 119 Å². The minimum Gasteiger partial charge on any atom is -0.356 e. The van der Waals surface area contributed by atoms with Crippen LogP contribution in [0.15, 0.2) is 10.7 Å². The maximum atomic E-state index is 4.63. The molecule has 3 nitrogen and oxygen atoms in total. The lowest BCUT2D eigenvalue weighted by Gasteiger charge is -2.26. The molecule has 1 rings (SSSR count). The average molecular weight is 314 g/mol. The fourth-order valence-electron chi connectivity index (χ4n) is 2.01. The van der Waals surface area contributed by atoms with Crippen molar-refractivity contribution in [3.63, 3.8) is 0 Å². The van der Waals surface area contributed by atoms with E-state index in [1.54, 1.807) is 0 Å². The van der Waals surface area contributed by atoms with Crippen LogP contribution in [-0.4, -0.2) is 23.1 Å². The third-order valence-electron chi connectivity index (χ3n) is 3.38. The van der Waals surface area contributed by atoms with Gasteiger partial charge >= 0.3 is 0 Å². The van der Waals surface area contributed by atoms with Gasteiger partial charge in [0, 0.05) is 25.6 Å². The molecule has 18 heavy (non-hydrogen) atoms. The first-order chi connectivity index (χ1) is 8.64. The van der Waals surface area contributed by atoms with Crippen molar-refractivity contribution in [3.05, 3.63) is 16.5 Å². The predicted molar refractivity (Wildman–Crippen MR) is 81.1 cm³/mol. The number of aryl methyl sites for hydroxylation is 1. The molecule has 0 N–H and O–H groups in total. The Morgan fingerprint density at radius 2 is 1.83 bits per heavy atom. The van der Waals surface area contributed by atoms with E-state index in [9.17, 15) is 0 Å². The molecule has 0 unspecified atom stereocenters. The van der Waals surface area contributed by atoms with Gasteiger partial charge in [-0.3, -0.25) is 0 Å². The second-order valence-electron chi connectivity index (χ2n) is 4.54. The van der Waals surface area contributed by atoms with Gasteiger partial charge in [-0.15, -0.1) is 0 Å². The van der Waals surface area contributed by atoms with Crippen LogP contribution in [0.25, 0.3) is 0 Å². The minimum atomic E-state index is 0.740. The van der Waals surface area contributed by atoms with Gasteiger partial charge in [-0.1, -0.05) is 33.6 Å². The molecule has 0 spiro atoms. The van der Waals surface area contributed by atoms with E-state index in [2.05, 4.69) is 58.5 Å².